The fourth-order valence-corrected chi connectivity index (χ4v) is 2.89. The summed E-state index contributed by atoms with van der Waals surface area (Å²) in [5, 5.41) is 14.1. The molecule has 3 N–H and O–H groups in total. The van der Waals surface area contributed by atoms with Gasteiger partial charge < -0.3 is 25.2 Å². The molecule has 2 aromatic rings. The minimum atomic E-state index is -0.512. The van der Waals surface area contributed by atoms with Crippen LogP contribution in [0.2, 0.25) is 0 Å². The van der Waals surface area contributed by atoms with Crippen molar-refractivity contribution in [3.63, 3.8) is 0 Å². The van der Waals surface area contributed by atoms with Crippen molar-refractivity contribution in [3.8, 4) is 11.5 Å². The van der Waals surface area contributed by atoms with Gasteiger partial charge in [0, 0.05) is 11.0 Å². The summed E-state index contributed by atoms with van der Waals surface area (Å²) in [5.41, 5.74) is 1.09. The van der Waals surface area contributed by atoms with E-state index in [2.05, 4.69) is 26.6 Å². The smallest absolute Gasteiger partial charge is 0.267 e. The van der Waals surface area contributed by atoms with Gasteiger partial charge in [-0.25, -0.2) is 0 Å². The van der Waals surface area contributed by atoms with Gasteiger partial charge in [0.15, 0.2) is 11.5 Å². The van der Waals surface area contributed by atoms with Gasteiger partial charge in [-0.2, -0.15) is 0 Å². The number of benzene rings is 2. The number of aliphatic hydroxyl groups is 1. The maximum atomic E-state index is 12.6. The SMILES string of the molecule is O=C(NCCO)/C(=C\c1ccc2c(c1)OCO2)NC(=O)c1ccccc1Br. The first-order chi connectivity index (χ1) is 13.1. The molecule has 7 nitrogen and oxygen atoms in total. The number of fused-ring (bicyclic) bond motifs is 1. The van der Waals surface area contributed by atoms with E-state index in [1.165, 1.54) is 6.08 Å². The third kappa shape index (κ3) is 4.66. The maximum absolute atomic E-state index is 12.6. The van der Waals surface area contributed by atoms with E-state index in [-0.39, 0.29) is 25.6 Å². The predicted molar refractivity (Wildman–Crippen MR) is 102 cm³/mol. The zero-order valence-corrected chi connectivity index (χ0v) is 15.8. The molecule has 1 heterocycles. The summed E-state index contributed by atoms with van der Waals surface area (Å²) in [7, 11) is 0. The lowest BCUT2D eigenvalue weighted by Gasteiger charge is -2.11. The fourth-order valence-electron chi connectivity index (χ4n) is 2.43. The highest BCUT2D eigenvalue weighted by Gasteiger charge is 2.17. The molecule has 2 aromatic carbocycles. The van der Waals surface area contributed by atoms with E-state index in [0.29, 0.717) is 27.1 Å². The van der Waals surface area contributed by atoms with Crippen LogP contribution >= 0.6 is 15.9 Å². The van der Waals surface area contributed by atoms with Gasteiger partial charge in [0.2, 0.25) is 6.79 Å². The number of carbonyl (C=O) groups is 2. The summed E-state index contributed by atoms with van der Waals surface area (Å²) in [6.07, 6.45) is 1.53. The fraction of sp³-hybridized carbons (Fsp3) is 0.158. The Morgan fingerprint density at radius 2 is 1.93 bits per heavy atom. The first-order valence-electron chi connectivity index (χ1n) is 8.15. The molecule has 140 valence electrons. The number of halogens is 1. The predicted octanol–water partition coefficient (Wildman–Crippen LogP) is 2.06. The summed E-state index contributed by atoms with van der Waals surface area (Å²) in [4.78, 5) is 25.0. The maximum Gasteiger partial charge on any atom is 0.267 e. The summed E-state index contributed by atoms with van der Waals surface area (Å²) in [6.45, 7) is 0.00848. The molecule has 1 aliphatic rings. The van der Waals surface area contributed by atoms with E-state index in [0.717, 1.165) is 0 Å². The number of rotatable bonds is 6. The van der Waals surface area contributed by atoms with Gasteiger partial charge in [-0.05, 0) is 51.8 Å². The van der Waals surface area contributed by atoms with Gasteiger partial charge in [0.05, 0.1) is 12.2 Å². The van der Waals surface area contributed by atoms with Gasteiger partial charge in [-0.1, -0.05) is 18.2 Å². The van der Waals surface area contributed by atoms with Crippen LogP contribution in [0.4, 0.5) is 0 Å². The van der Waals surface area contributed by atoms with Crippen LogP contribution in [0.25, 0.3) is 6.08 Å². The van der Waals surface area contributed by atoms with E-state index in [9.17, 15) is 9.59 Å². The number of ether oxygens (including phenoxy) is 2. The Labute approximate surface area is 164 Å². The molecule has 1 aliphatic heterocycles. The van der Waals surface area contributed by atoms with Crippen molar-refractivity contribution in [2.75, 3.05) is 19.9 Å². The molecule has 0 fully saturated rings. The topological polar surface area (TPSA) is 96.9 Å². The molecule has 0 aromatic heterocycles. The van der Waals surface area contributed by atoms with Crippen molar-refractivity contribution in [1.29, 1.82) is 0 Å². The van der Waals surface area contributed by atoms with Gasteiger partial charge in [-0.3, -0.25) is 9.59 Å². The standard InChI is InChI=1S/C19H17BrN2O5/c20-14-4-2-1-3-13(14)18(24)22-15(19(25)21-7-8-23)9-12-5-6-16-17(10-12)27-11-26-16/h1-6,9-10,23H,7-8,11H2,(H,21,25)(H,22,24)/b15-9+. The molecule has 8 heteroatoms. The average molecular weight is 433 g/mol. The molecule has 0 bridgehead atoms. The highest BCUT2D eigenvalue weighted by atomic mass is 79.9. The summed E-state index contributed by atoms with van der Waals surface area (Å²) < 4.78 is 11.2. The summed E-state index contributed by atoms with van der Waals surface area (Å²) in [6, 6.07) is 12.1. The molecular formula is C19H17BrN2O5. The van der Waals surface area contributed by atoms with Crippen LogP contribution in [0, 0.1) is 0 Å². The quantitative estimate of drug-likeness (QED) is 0.607. The van der Waals surface area contributed by atoms with Crippen molar-refractivity contribution in [3.05, 3.63) is 63.8 Å². The van der Waals surface area contributed by atoms with Crippen LogP contribution in [0.15, 0.2) is 52.6 Å². The van der Waals surface area contributed by atoms with Crippen LogP contribution in [0.1, 0.15) is 15.9 Å². The lowest BCUT2D eigenvalue weighted by molar-refractivity contribution is -0.117. The zero-order chi connectivity index (χ0) is 19.2. The average Bonchev–Trinajstić information content (AvgIpc) is 3.13. The van der Waals surface area contributed by atoms with Gasteiger partial charge in [0.25, 0.3) is 11.8 Å². The Bertz CT molecular complexity index is 897. The van der Waals surface area contributed by atoms with Gasteiger partial charge in [0.1, 0.15) is 5.70 Å². The molecule has 0 saturated carbocycles. The number of carbonyl (C=O) groups excluding carboxylic acids is 2. The second-order valence-electron chi connectivity index (χ2n) is 5.58. The van der Waals surface area contributed by atoms with Crippen LogP contribution in [0.3, 0.4) is 0 Å². The summed E-state index contributed by atoms with van der Waals surface area (Å²) in [5.74, 6) is 0.238. The Balaban J connectivity index is 1.87. The van der Waals surface area contributed by atoms with Crippen LogP contribution in [-0.2, 0) is 4.79 Å². The molecule has 3 rings (SSSR count). The number of nitrogens with one attached hydrogen (secondary N) is 2. The van der Waals surface area contributed by atoms with Crippen molar-refractivity contribution < 1.29 is 24.2 Å². The number of amides is 2. The third-order valence-corrected chi connectivity index (χ3v) is 4.41. The minimum Gasteiger partial charge on any atom is -0.454 e. The second kappa shape index (κ2) is 8.70. The number of hydrogen-bond donors (Lipinski definition) is 3. The third-order valence-electron chi connectivity index (χ3n) is 3.72. The van der Waals surface area contributed by atoms with E-state index in [1.807, 2.05) is 0 Å². The van der Waals surface area contributed by atoms with Crippen molar-refractivity contribution in [2.24, 2.45) is 0 Å². The van der Waals surface area contributed by atoms with Crippen molar-refractivity contribution in [2.45, 2.75) is 0 Å². The molecule has 0 spiro atoms. The highest BCUT2D eigenvalue weighted by Crippen LogP contribution is 2.33. The van der Waals surface area contributed by atoms with Crippen LogP contribution in [-0.4, -0.2) is 36.9 Å². The number of aliphatic hydroxyl groups excluding tert-OH is 1. The molecule has 0 radical (unpaired) electrons. The van der Waals surface area contributed by atoms with Crippen molar-refractivity contribution >= 4 is 33.8 Å². The molecular weight excluding hydrogens is 416 g/mol. The van der Waals surface area contributed by atoms with Crippen molar-refractivity contribution in [1.82, 2.24) is 10.6 Å². The van der Waals surface area contributed by atoms with E-state index >= 15 is 0 Å². The monoisotopic (exact) mass is 432 g/mol. The molecule has 2 amide bonds. The first kappa shape index (κ1) is 18.9. The normalized spacial score (nSPS) is 12.6. The molecule has 0 aliphatic carbocycles. The van der Waals surface area contributed by atoms with Crippen LogP contribution in [0.5, 0.6) is 11.5 Å². The largest absolute Gasteiger partial charge is 0.454 e. The minimum absolute atomic E-state index is 0.0445. The molecule has 27 heavy (non-hydrogen) atoms. The Kier molecular flexibility index (Phi) is 6.10. The Morgan fingerprint density at radius 1 is 1.15 bits per heavy atom. The molecule has 0 unspecified atom stereocenters. The van der Waals surface area contributed by atoms with E-state index in [4.69, 9.17) is 14.6 Å². The van der Waals surface area contributed by atoms with Crippen LogP contribution < -0.4 is 20.1 Å². The Morgan fingerprint density at radius 3 is 2.70 bits per heavy atom. The lowest BCUT2D eigenvalue weighted by atomic mass is 10.1. The Hall–Kier alpha value is -2.84. The van der Waals surface area contributed by atoms with Gasteiger partial charge in [-0.15, -0.1) is 0 Å². The van der Waals surface area contributed by atoms with E-state index in [1.54, 1.807) is 42.5 Å². The second-order valence-corrected chi connectivity index (χ2v) is 6.44. The molecule has 0 atom stereocenters. The number of hydrogen-bond acceptors (Lipinski definition) is 5. The lowest BCUT2D eigenvalue weighted by Crippen LogP contribution is -2.36. The first-order valence-corrected chi connectivity index (χ1v) is 8.94. The van der Waals surface area contributed by atoms with Gasteiger partial charge >= 0.3 is 0 Å². The zero-order valence-electron chi connectivity index (χ0n) is 14.2. The van der Waals surface area contributed by atoms with E-state index < -0.39 is 11.8 Å². The molecule has 0 saturated heterocycles. The highest BCUT2D eigenvalue weighted by molar-refractivity contribution is 9.10. The summed E-state index contributed by atoms with van der Waals surface area (Å²) >= 11 is 3.32.